The predicted octanol–water partition coefficient (Wildman–Crippen LogP) is 2.78. The van der Waals surface area contributed by atoms with Gasteiger partial charge >= 0.3 is 6.03 Å². The second-order valence-corrected chi connectivity index (χ2v) is 6.28. The van der Waals surface area contributed by atoms with Gasteiger partial charge in [-0.25, -0.2) is 9.78 Å². The van der Waals surface area contributed by atoms with E-state index in [-0.39, 0.29) is 12.1 Å². The summed E-state index contributed by atoms with van der Waals surface area (Å²) in [7, 11) is 2.03. The largest absolute Gasteiger partial charge is 0.370 e. The molecule has 0 radical (unpaired) electrons. The van der Waals surface area contributed by atoms with E-state index in [9.17, 15) is 4.79 Å². The summed E-state index contributed by atoms with van der Waals surface area (Å²) in [6.45, 7) is 5.07. The van der Waals surface area contributed by atoms with Crippen LogP contribution in [-0.4, -0.2) is 30.6 Å². The quantitative estimate of drug-likeness (QED) is 0.861. The molecule has 2 amide bonds. The van der Waals surface area contributed by atoms with Crippen molar-refractivity contribution in [1.82, 2.24) is 15.6 Å². The Bertz CT molecular complexity index is 599. The fourth-order valence-electron chi connectivity index (χ4n) is 2.02. The highest BCUT2D eigenvalue weighted by Gasteiger charge is 2.11. The number of hydrogen-bond acceptors (Lipinski definition) is 4. The summed E-state index contributed by atoms with van der Waals surface area (Å²) in [4.78, 5) is 18.3. The molecule has 1 atom stereocenters. The molecule has 0 bridgehead atoms. The molecule has 0 fully saturated rings. The van der Waals surface area contributed by atoms with Gasteiger partial charge in [0.2, 0.25) is 0 Å². The topological polar surface area (TPSA) is 57.3 Å². The van der Waals surface area contributed by atoms with Crippen molar-refractivity contribution >= 4 is 23.1 Å². The summed E-state index contributed by atoms with van der Waals surface area (Å²) in [6.07, 6.45) is 0. The first-order valence-corrected chi connectivity index (χ1v) is 8.15. The van der Waals surface area contributed by atoms with Crippen LogP contribution >= 0.6 is 11.3 Å². The van der Waals surface area contributed by atoms with Crippen LogP contribution in [0.5, 0.6) is 0 Å². The Labute approximate surface area is 135 Å². The number of amides is 2. The molecule has 5 nitrogen and oxygen atoms in total. The first kappa shape index (κ1) is 16.3. The van der Waals surface area contributed by atoms with E-state index in [1.165, 1.54) is 0 Å². The van der Waals surface area contributed by atoms with Crippen molar-refractivity contribution in [2.75, 3.05) is 18.5 Å². The first-order valence-electron chi connectivity index (χ1n) is 7.27. The van der Waals surface area contributed by atoms with E-state index in [0.717, 1.165) is 16.4 Å². The zero-order valence-electron chi connectivity index (χ0n) is 13.2. The molecule has 0 aliphatic heterocycles. The number of nitrogens with zero attached hydrogens (tertiary/aromatic N) is 2. The van der Waals surface area contributed by atoms with Gasteiger partial charge < -0.3 is 15.5 Å². The minimum atomic E-state index is -0.168. The number of rotatable bonds is 6. The molecule has 0 aliphatic carbocycles. The van der Waals surface area contributed by atoms with Gasteiger partial charge in [0.25, 0.3) is 0 Å². The minimum Gasteiger partial charge on any atom is -0.370 e. The predicted molar refractivity (Wildman–Crippen MR) is 91.4 cm³/mol. The number of carbonyl (C=O) groups excluding carboxylic acids is 1. The normalized spacial score (nSPS) is 11.8. The van der Waals surface area contributed by atoms with Crippen molar-refractivity contribution in [2.24, 2.45) is 0 Å². The Morgan fingerprint density at radius 3 is 2.68 bits per heavy atom. The van der Waals surface area contributed by atoms with E-state index < -0.39 is 0 Å². The molecule has 2 N–H and O–H groups in total. The maximum atomic E-state index is 11.8. The third-order valence-electron chi connectivity index (χ3n) is 3.48. The molecule has 0 saturated carbocycles. The van der Waals surface area contributed by atoms with Gasteiger partial charge in [-0.05, 0) is 26.0 Å². The van der Waals surface area contributed by atoms with Gasteiger partial charge in [0, 0.05) is 30.7 Å². The molecule has 2 aromatic rings. The van der Waals surface area contributed by atoms with Crippen molar-refractivity contribution in [3.8, 4) is 0 Å². The molecule has 118 valence electrons. The number of anilines is 1. The molecule has 0 spiro atoms. The van der Waals surface area contributed by atoms with Crippen LogP contribution in [0.25, 0.3) is 0 Å². The molecule has 0 aliphatic rings. The van der Waals surface area contributed by atoms with E-state index in [1.807, 2.05) is 37.6 Å². The van der Waals surface area contributed by atoms with Gasteiger partial charge in [-0.1, -0.05) is 18.2 Å². The Balaban J connectivity index is 1.73. The lowest BCUT2D eigenvalue weighted by Gasteiger charge is -2.27. The van der Waals surface area contributed by atoms with Crippen LogP contribution in [0.15, 0.2) is 35.7 Å². The first-order chi connectivity index (χ1) is 10.6. The third kappa shape index (κ3) is 4.73. The number of urea groups is 1. The fraction of sp³-hybridized carbons (Fsp3) is 0.375. The van der Waals surface area contributed by atoms with Gasteiger partial charge in [-0.2, -0.15) is 0 Å². The number of carbonyl (C=O) groups is 1. The van der Waals surface area contributed by atoms with Crippen LogP contribution in [-0.2, 0) is 6.54 Å². The molecule has 2 rings (SSSR count). The molecule has 6 heteroatoms. The van der Waals surface area contributed by atoms with Gasteiger partial charge in [0.05, 0.1) is 17.2 Å². The smallest absolute Gasteiger partial charge is 0.315 e. The summed E-state index contributed by atoms with van der Waals surface area (Å²) < 4.78 is 0. The maximum Gasteiger partial charge on any atom is 0.315 e. The average molecular weight is 318 g/mol. The lowest BCUT2D eigenvalue weighted by Crippen LogP contribution is -2.43. The number of thiazole rings is 1. The highest BCUT2D eigenvalue weighted by atomic mass is 32.1. The van der Waals surface area contributed by atoms with Crippen LogP contribution < -0.4 is 15.5 Å². The van der Waals surface area contributed by atoms with E-state index in [2.05, 4.69) is 39.6 Å². The number of aromatic nitrogens is 1. The zero-order valence-corrected chi connectivity index (χ0v) is 14.0. The van der Waals surface area contributed by atoms with Gasteiger partial charge in [0.1, 0.15) is 0 Å². The number of likely N-dealkylation sites (N-methyl/N-ethyl adjacent to an activating group) is 1. The second kappa shape index (κ2) is 7.79. The summed E-state index contributed by atoms with van der Waals surface area (Å²) >= 11 is 1.59. The Kier molecular flexibility index (Phi) is 5.77. The number of hydrogen-bond donors (Lipinski definition) is 2. The summed E-state index contributed by atoms with van der Waals surface area (Å²) in [6, 6.07) is 10.2. The third-order valence-corrected chi connectivity index (χ3v) is 4.30. The SMILES string of the molecule is Cc1nc(CNC(=O)NC[C@@H](C)N(C)c2ccccc2)cs1. The summed E-state index contributed by atoms with van der Waals surface area (Å²) in [5.74, 6) is 0. The molecular formula is C16H22N4OS. The van der Waals surface area contributed by atoms with Crippen molar-refractivity contribution in [1.29, 1.82) is 0 Å². The molecule has 0 unspecified atom stereocenters. The highest BCUT2D eigenvalue weighted by molar-refractivity contribution is 7.09. The van der Waals surface area contributed by atoms with Gasteiger partial charge in [-0.15, -0.1) is 11.3 Å². The molecule has 1 aromatic carbocycles. The van der Waals surface area contributed by atoms with Crippen molar-refractivity contribution in [3.63, 3.8) is 0 Å². The van der Waals surface area contributed by atoms with E-state index >= 15 is 0 Å². The Morgan fingerprint density at radius 1 is 1.32 bits per heavy atom. The van der Waals surface area contributed by atoms with Crippen molar-refractivity contribution in [2.45, 2.75) is 26.4 Å². The van der Waals surface area contributed by atoms with E-state index in [1.54, 1.807) is 11.3 Å². The Morgan fingerprint density at radius 2 is 2.05 bits per heavy atom. The monoisotopic (exact) mass is 318 g/mol. The highest BCUT2D eigenvalue weighted by Crippen LogP contribution is 2.13. The van der Waals surface area contributed by atoms with E-state index in [0.29, 0.717) is 13.1 Å². The standard InChI is InChI=1S/C16H22N4OS/c1-12(20(3)15-7-5-4-6-8-15)9-17-16(21)18-10-14-11-22-13(2)19-14/h4-8,11-12H,9-10H2,1-3H3,(H2,17,18,21)/t12-/m1/s1. The zero-order chi connectivity index (χ0) is 15.9. The second-order valence-electron chi connectivity index (χ2n) is 5.22. The maximum absolute atomic E-state index is 11.8. The lowest BCUT2D eigenvalue weighted by atomic mass is 10.2. The van der Waals surface area contributed by atoms with Crippen LogP contribution in [0, 0.1) is 6.92 Å². The van der Waals surface area contributed by atoms with E-state index in [4.69, 9.17) is 0 Å². The van der Waals surface area contributed by atoms with Gasteiger partial charge in [-0.3, -0.25) is 0 Å². The molecule has 1 aromatic heterocycles. The molecular weight excluding hydrogens is 296 g/mol. The number of nitrogens with one attached hydrogen (secondary N) is 2. The summed E-state index contributed by atoms with van der Waals surface area (Å²) in [5.41, 5.74) is 2.03. The molecule has 1 heterocycles. The molecule has 0 saturated heterocycles. The number of aryl methyl sites for hydroxylation is 1. The van der Waals surface area contributed by atoms with Crippen LogP contribution in [0.4, 0.5) is 10.5 Å². The van der Waals surface area contributed by atoms with Crippen molar-refractivity contribution in [3.05, 3.63) is 46.4 Å². The van der Waals surface area contributed by atoms with Crippen molar-refractivity contribution < 1.29 is 4.79 Å². The average Bonchev–Trinajstić information content (AvgIpc) is 2.96. The van der Waals surface area contributed by atoms with Crippen LogP contribution in [0.3, 0.4) is 0 Å². The summed E-state index contributed by atoms with van der Waals surface area (Å²) in [5, 5.41) is 8.69. The lowest BCUT2D eigenvalue weighted by molar-refractivity contribution is 0.240. The number of para-hydroxylation sites is 1. The fourth-order valence-corrected chi connectivity index (χ4v) is 2.63. The van der Waals surface area contributed by atoms with Gasteiger partial charge in [0.15, 0.2) is 0 Å². The van der Waals surface area contributed by atoms with Crippen LogP contribution in [0.1, 0.15) is 17.6 Å². The minimum absolute atomic E-state index is 0.168. The molecule has 22 heavy (non-hydrogen) atoms. The number of benzene rings is 1. The Hall–Kier alpha value is -2.08. The van der Waals surface area contributed by atoms with Crippen LogP contribution in [0.2, 0.25) is 0 Å².